The minimum absolute atomic E-state index is 0.0807. The topological polar surface area (TPSA) is 86.8 Å². The fourth-order valence-electron chi connectivity index (χ4n) is 4.78. The Kier molecular flexibility index (Phi) is 10.5. The van der Waals surface area contributed by atoms with Crippen LogP contribution >= 0.6 is 0 Å². The largest absolute Gasteiger partial charge is 0.354 e. The number of benzene rings is 4. The van der Waals surface area contributed by atoms with Crippen molar-refractivity contribution in [3.8, 4) is 0 Å². The molecule has 0 heterocycles. The molecular formula is C34H37N3O4S. The van der Waals surface area contributed by atoms with Crippen molar-refractivity contribution in [3.05, 3.63) is 132 Å². The van der Waals surface area contributed by atoms with Gasteiger partial charge in [0.15, 0.2) is 0 Å². The molecule has 0 aromatic heterocycles. The van der Waals surface area contributed by atoms with Gasteiger partial charge in [0.05, 0.1) is 10.6 Å². The number of nitrogens with zero attached hydrogens (tertiary/aromatic N) is 2. The number of amides is 2. The maximum atomic E-state index is 14.4. The molecule has 7 nitrogen and oxygen atoms in total. The lowest BCUT2D eigenvalue weighted by atomic mass is 10.0. The van der Waals surface area contributed by atoms with E-state index in [0.717, 1.165) is 21.9 Å². The average Bonchev–Trinajstić information content (AvgIpc) is 3.02. The predicted molar refractivity (Wildman–Crippen MR) is 166 cm³/mol. The van der Waals surface area contributed by atoms with Gasteiger partial charge in [-0.05, 0) is 48.2 Å². The van der Waals surface area contributed by atoms with Gasteiger partial charge < -0.3 is 10.2 Å². The summed E-state index contributed by atoms with van der Waals surface area (Å²) in [6, 6.07) is 33.3. The highest BCUT2D eigenvalue weighted by molar-refractivity contribution is 7.92. The van der Waals surface area contributed by atoms with Crippen LogP contribution in [0.2, 0.25) is 0 Å². The van der Waals surface area contributed by atoms with E-state index in [9.17, 15) is 18.0 Å². The van der Waals surface area contributed by atoms with E-state index >= 15 is 0 Å². The first-order valence-corrected chi connectivity index (χ1v) is 15.5. The Morgan fingerprint density at radius 3 is 1.90 bits per heavy atom. The van der Waals surface area contributed by atoms with Crippen LogP contribution < -0.4 is 9.62 Å². The summed E-state index contributed by atoms with van der Waals surface area (Å²) in [4.78, 5) is 29.6. The van der Waals surface area contributed by atoms with Gasteiger partial charge in [-0.2, -0.15) is 0 Å². The van der Waals surface area contributed by atoms with Gasteiger partial charge in [0.2, 0.25) is 11.8 Å². The third-order valence-electron chi connectivity index (χ3n) is 7.01. The van der Waals surface area contributed by atoms with Crippen molar-refractivity contribution in [1.29, 1.82) is 0 Å². The first kappa shape index (κ1) is 30.5. The molecule has 0 spiro atoms. The molecule has 4 aromatic carbocycles. The quantitative estimate of drug-likeness (QED) is 0.230. The Morgan fingerprint density at radius 1 is 0.762 bits per heavy atom. The van der Waals surface area contributed by atoms with Gasteiger partial charge >= 0.3 is 0 Å². The van der Waals surface area contributed by atoms with Crippen molar-refractivity contribution >= 4 is 27.5 Å². The summed E-state index contributed by atoms with van der Waals surface area (Å²) in [7, 11) is -4.11. The van der Waals surface area contributed by atoms with Crippen molar-refractivity contribution < 1.29 is 18.0 Å². The van der Waals surface area contributed by atoms with Crippen LogP contribution in [0.25, 0.3) is 0 Å². The van der Waals surface area contributed by atoms with Crippen molar-refractivity contribution in [1.82, 2.24) is 10.2 Å². The van der Waals surface area contributed by atoms with E-state index in [1.807, 2.05) is 86.6 Å². The maximum Gasteiger partial charge on any atom is 0.264 e. The van der Waals surface area contributed by atoms with Crippen LogP contribution in [0.1, 0.15) is 30.0 Å². The zero-order valence-electron chi connectivity index (χ0n) is 24.0. The zero-order valence-corrected chi connectivity index (χ0v) is 24.8. The molecule has 0 saturated carbocycles. The van der Waals surface area contributed by atoms with E-state index in [4.69, 9.17) is 0 Å². The number of sulfonamides is 1. The van der Waals surface area contributed by atoms with Crippen LogP contribution in [-0.2, 0) is 32.6 Å². The highest BCUT2D eigenvalue weighted by atomic mass is 32.2. The molecule has 2 amide bonds. The fourth-order valence-corrected chi connectivity index (χ4v) is 6.28. The average molecular weight is 584 g/mol. The second-order valence-electron chi connectivity index (χ2n) is 10.1. The molecule has 218 valence electrons. The first-order valence-electron chi connectivity index (χ1n) is 14.1. The summed E-state index contributed by atoms with van der Waals surface area (Å²) in [5.41, 5.74) is 2.85. The number of para-hydroxylation sites is 1. The number of aryl methyl sites for hydroxylation is 1. The lowest BCUT2D eigenvalue weighted by Gasteiger charge is -2.34. The standard InChI is InChI=1S/C34H37N3O4S/c1-3-23-35-34(39)32(24-28-16-7-4-8-17-28)36(25-29-18-9-5-10-19-29)33(38)26-37(31-22-14-13-15-27(31)2)42(40,41)30-20-11-6-12-21-30/h4-22,32H,3,23-26H2,1-2H3,(H,35,39)/t32-/m0/s1. The second-order valence-corrected chi connectivity index (χ2v) is 12.0. The molecule has 0 fully saturated rings. The fraction of sp³-hybridized carbons (Fsp3) is 0.235. The molecule has 0 saturated heterocycles. The monoisotopic (exact) mass is 583 g/mol. The van der Waals surface area contributed by atoms with Crippen molar-refractivity contribution in [2.45, 2.75) is 44.2 Å². The van der Waals surface area contributed by atoms with E-state index in [2.05, 4.69) is 5.32 Å². The molecule has 1 atom stereocenters. The summed E-state index contributed by atoms with van der Waals surface area (Å²) in [5, 5.41) is 2.96. The van der Waals surface area contributed by atoms with Crippen LogP contribution in [0.3, 0.4) is 0 Å². The van der Waals surface area contributed by atoms with Gasteiger partial charge in [0.1, 0.15) is 12.6 Å². The minimum Gasteiger partial charge on any atom is -0.354 e. The van der Waals surface area contributed by atoms with Gasteiger partial charge in [-0.3, -0.25) is 13.9 Å². The molecule has 1 N–H and O–H groups in total. The third kappa shape index (κ3) is 7.64. The molecule has 0 bridgehead atoms. The van der Waals surface area contributed by atoms with Crippen molar-refractivity contribution in [2.24, 2.45) is 0 Å². The molecule has 42 heavy (non-hydrogen) atoms. The van der Waals surface area contributed by atoms with Gasteiger partial charge in [-0.15, -0.1) is 0 Å². The van der Waals surface area contributed by atoms with Crippen LogP contribution in [0.15, 0.2) is 120 Å². The van der Waals surface area contributed by atoms with Crippen molar-refractivity contribution in [3.63, 3.8) is 0 Å². The van der Waals surface area contributed by atoms with Gasteiger partial charge in [0, 0.05) is 19.5 Å². The summed E-state index contributed by atoms with van der Waals surface area (Å²) in [6.07, 6.45) is 1.03. The highest BCUT2D eigenvalue weighted by Gasteiger charge is 2.34. The molecule has 0 aliphatic rings. The SMILES string of the molecule is CCCNC(=O)[C@H](Cc1ccccc1)N(Cc1ccccc1)C(=O)CN(c1ccccc1C)S(=O)(=O)c1ccccc1. The Bertz CT molecular complexity index is 1560. The van der Waals surface area contributed by atoms with Crippen LogP contribution in [-0.4, -0.2) is 44.3 Å². The van der Waals surface area contributed by atoms with Gasteiger partial charge in [-0.25, -0.2) is 8.42 Å². The number of hydrogen-bond donors (Lipinski definition) is 1. The Hall–Kier alpha value is -4.43. The number of carbonyl (C=O) groups is 2. The Labute approximate surface area is 248 Å². The van der Waals surface area contributed by atoms with Crippen LogP contribution in [0, 0.1) is 6.92 Å². The Morgan fingerprint density at radius 2 is 1.31 bits per heavy atom. The summed E-state index contributed by atoms with van der Waals surface area (Å²) in [5.74, 6) is -0.757. The number of rotatable bonds is 13. The highest BCUT2D eigenvalue weighted by Crippen LogP contribution is 2.27. The van der Waals surface area contributed by atoms with Crippen molar-refractivity contribution in [2.75, 3.05) is 17.4 Å². The molecule has 4 rings (SSSR count). The molecule has 8 heteroatoms. The van der Waals surface area contributed by atoms with E-state index < -0.39 is 28.5 Å². The van der Waals surface area contributed by atoms with Crippen LogP contribution in [0.4, 0.5) is 5.69 Å². The first-order chi connectivity index (χ1) is 20.3. The third-order valence-corrected chi connectivity index (χ3v) is 8.78. The molecule has 4 aromatic rings. The number of anilines is 1. The van der Waals surface area contributed by atoms with E-state index in [1.54, 1.807) is 30.3 Å². The molecule has 0 aliphatic carbocycles. The molecule has 0 radical (unpaired) electrons. The summed E-state index contributed by atoms with van der Waals surface area (Å²) >= 11 is 0. The number of nitrogens with one attached hydrogen (secondary N) is 1. The summed E-state index contributed by atoms with van der Waals surface area (Å²) in [6.45, 7) is 3.92. The summed E-state index contributed by atoms with van der Waals surface area (Å²) < 4.78 is 29.2. The lowest BCUT2D eigenvalue weighted by molar-refractivity contribution is -0.140. The van der Waals surface area contributed by atoms with E-state index in [0.29, 0.717) is 17.8 Å². The number of hydrogen-bond acceptors (Lipinski definition) is 4. The molecule has 0 unspecified atom stereocenters. The van der Waals surface area contributed by atoms with Gasteiger partial charge in [-0.1, -0.05) is 104 Å². The number of carbonyl (C=O) groups excluding carboxylic acids is 2. The normalized spacial score (nSPS) is 11.9. The van der Waals surface area contributed by atoms with E-state index in [1.165, 1.54) is 17.0 Å². The second kappa shape index (κ2) is 14.5. The maximum absolute atomic E-state index is 14.4. The van der Waals surface area contributed by atoms with Gasteiger partial charge in [0.25, 0.3) is 10.0 Å². The predicted octanol–water partition coefficient (Wildman–Crippen LogP) is 5.36. The molecular weight excluding hydrogens is 546 g/mol. The van der Waals surface area contributed by atoms with E-state index in [-0.39, 0.29) is 23.8 Å². The lowest BCUT2D eigenvalue weighted by Crippen LogP contribution is -2.53. The molecule has 0 aliphatic heterocycles. The zero-order chi connectivity index (χ0) is 30.0. The smallest absolute Gasteiger partial charge is 0.264 e. The van der Waals surface area contributed by atoms with Crippen LogP contribution in [0.5, 0.6) is 0 Å². The minimum atomic E-state index is -4.11. The Balaban J connectivity index is 1.78.